The Morgan fingerprint density at radius 2 is 1.85 bits per heavy atom. The van der Waals surface area contributed by atoms with Crippen LogP contribution in [0.25, 0.3) is 0 Å². The molecule has 2 aliphatic heterocycles. The number of urea groups is 1. The van der Waals surface area contributed by atoms with Gasteiger partial charge in [0.25, 0.3) is 0 Å². The molecule has 0 bridgehead atoms. The predicted octanol–water partition coefficient (Wildman–Crippen LogP) is 2.55. The molecular weight excluding hydrogens is 563 g/mol. The number of sulfone groups is 1. The molecule has 4 rings (SSSR count). The van der Waals surface area contributed by atoms with Crippen molar-refractivity contribution in [3.05, 3.63) is 82.2 Å². The lowest BCUT2D eigenvalue weighted by atomic mass is 9.94. The number of hydrogen-bond acceptors (Lipinski definition) is 8. The van der Waals surface area contributed by atoms with Crippen LogP contribution in [-0.4, -0.2) is 39.8 Å². The molecule has 0 saturated carbocycles. The number of anilines is 1. The minimum Gasteiger partial charge on any atom is -0.378 e. The Bertz CT molecular complexity index is 1640. The van der Waals surface area contributed by atoms with Crippen molar-refractivity contribution in [3.63, 3.8) is 0 Å². The number of carbonyl (C=O) groups is 2. The standard InChI is InChI=1S/C21H15F3N4O3S.C5H9N3O/c1-12-17(11-26)19(16-7-6-13(10-25)8-18(16)32(2,30)31)27-20(29)28(12)15-5-3-4-14(9-15)21(22,23)24;6-5(9)4-1-7-3-8-2-4/h3-9,19H,1-2H3,(H,27,29);1,7-8H,2-3H2,(H2,6,9)/t19-;/m1./s1. The van der Waals surface area contributed by atoms with Gasteiger partial charge in [-0.25, -0.2) is 13.2 Å². The van der Waals surface area contributed by atoms with E-state index in [0.717, 1.165) is 35.4 Å². The smallest absolute Gasteiger partial charge is 0.378 e. The third-order valence-electron chi connectivity index (χ3n) is 6.03. The van der Waals surface area contributed by atoms with Crippen molar-refractivity contribution in [1.29, 1.82) is 10.5 Å². The van der Waals surface area contributed by atoms with Crippen LogP contribution >= 0.6 is 0 Å². The Hall–Kier alpha value is -4.86. The number of carbonyl (C=O) groups excluding carboxylic acids is 2. The van der Waals surface area contributed by atoms with Gasteiger partial charge in [-0.05, 0) is 42.8 Å². The molecule has 214 valence electrons. The van der Waals surface area contributed by atoms with E-state index in [0.29, 0.717) is 18.8 Å². The van der Waals surface area contributed by atoms with Gasteiger partial charge in [-0.3, -0.25) is 15.0 Å². The van der Waals surface area contributed by atoms with E-state index in [4.69, 9.17) is 11.0 Å². The minimum atomic E-state index is -4.63. The maximum absolute atomic E-state index is 13.1. The number of hydrogen-bond donors (Lipinski definition) is 4. The molecule has 0 unspecified atom stereocenters. The predicted molar refractivity (Wildman–Crippen MR) is 141 cm³/mol. The molecule has 0 fully saturated rings. The van der Waals surface area contributed by atoms with Crippen LogP contribution < -0.4 is 26.6 Å². The van der Waals surface area contributed by atoms with Gasteiger partial charge >= 0.3 is 12.2 Å². The second-order valence-electron chi connectivity index (χ2n) is 8.85. The van der Waals surface area contributed by atoms with E-state index in [-0.39, 0.29) is 38.9 Å². The number of allylic oxidation sites excluding steroid dienone is 1. The van der Waals surface area contributed by atoms with E-state index in [1.165, 1.54) is 25.1 Å². The number of halogens is 3. The highest BCUT2D eigenvalue weighted by Gasteiger charge is 2.37. The normalized spacial score (nSPS) is 17.1. The largest absolute Gasteiger partial charge is 0.416 e. The van der Waals surface area contributed by atoms with Crippen LogP contribution in [0.4, 0.5) is 23.7 Å². The van der Waals surface area contributed by atoms with Crippen LogP contribution in [0.15, 0.2) is 70.4 Å². The van der Waals surface area contributed by atoms with Crippen LogP contribution in [0, 0.1) is 22.7 Å². The van der Waals surface area contributed by atoms with Gasteiger partial charge in [-0.1, -0.05) is 12.1 Å². The number of nitrogens with two attached hydrogens (primary N) is 1. The Morgan fingerprint density at radius 1 is 1.15 bits per heavy atom. The topological polar surface area (TPSA) is 181 Å². The summed E-state index contributed by atoms with van der Waals surface area (Å²) in [6.45, 7) is 2.66. The summed E-state index contributed by atoms with van der Waals surface area (Å²) in [5.41, 5.74) is 4.63. The first-order chi connectivity index (χ1) is 19.2. The van der Waals surface area contributed by atoms with Crippen molar-refractivity contribution in [2.45, 2.75) is 24.0 Å². The Kier molecular flexibility index (Phi) is 9.07. The van der Waals surface area contributed by atoms with Crippen LogP contribution in [-0.2, 0) is 20.8 Å². The van der Waals surface area contributed by atoms with Crippen LogP contribution in [0.1, 0.15) is 29.7 Å². The molecular formula is C26H24F3N7O4S. The molecule has 0 radical (unpaired) electrons. The summed E-state index contributed by atoms with van der Waals surface area (Å²) in [4.78, 5) is 24.0. The van der Waals surface area contributed by atoms with Gasteiger partial charge in [0, 0.05) is 30.3 Å². The number of rotatable bonds is 4. The molecule has 0 saturated heterocycles. The molecule has 0 spiro atoms. The number of amides is 3. The van der Waals surface area contributed by atoms with Crippen molar-refractivity contribution < 1.29 is 31.2 Å². The first kappa shape index (κ1) is 30.7. The average Bonchev–Trinajstić information content (AvgIpc) is 2.92. The number of primary amides is 1. The SMILES string of the molecule is CC1=C(C#N)[C@@H](c2ccc(C#N)cc2S(C)(=O)=O)NC(=O)N1c1cccc(C(F)(F)F)c1.NC(=O)C1=CNCNC1. The number of benzene rings is 2. The maximum atomic E-state index is 13.1. The van der Waals surface area contributed by atoms with E-state index in [2.05, 4.69) is 16.0 Å². The summed E-state index contributed by atoms with van der Waals surface area (Å²) in [6.07, 6.45) is -2.07. The van der Waals surface area contributed by atoms with Crippen LogP contribution in [0.5, 0.6) is 0 Å². The molecule has 41 heavy (non-hydrogen) atoms. The fourth-order valence-corrected chi connectivity index (χ4v) is 5.02. The molecule has 3 amide bonds. The zero-order valence-corrected chi connectivity index (χ0v) is 22.5. The van der Waals surface area contributed by atoms with Crippen molar-refractivity contribution in [3.8, 4) is 12.1 Å². The number of nitrogens with one attached hydrogen (secondary N) is 3. The number of alkyl halides is 3. The van der Waals surface area contributed by atoms with Gasteiger partial charge < -0.3 is 16.4 Å². The highest BCUT2D eigenvalue weighted by Crippen LogP contribution is 2.37. The summed E-state index contributed by atoms with van der Waals surface area (Å²) in [5.74, 6) is -0.366. The summed E-state index contributed by atoms with van der Waals surface area (Å²) in [5, 5.41) is 27.1. The summed E-state index contributed by atoms with van der Waals surface area (Å²) in [6, 6.07) is 9.60. The van der Waals surface area contributed by atoms with Crippen molar-refractivity contribution in [2.24, 2.45) is 5.73 Å². The first-order valence-electron chi connectivity index (χ1n) is 11.7. The molecule has 2 heterocycles. The number of nitrogens with zero attached hydrogens (tertiary/aromatic N) is 3. The summed E-state index contributed by atoms with van der Waals surface area (Å²) < 4.78 is 63.9. The highest BCUT2D eigenvalue weighted by atomic mass is 32.2. The molecule has 5 N–H and O–H groups in total. The third-order valence-corrected chi connectivity index (χ3v) is 7.18. The molecule has 15 heteroatoms. The summed E-state index contributed by atoms with van der Waals surface area (Å²) >= 11 is 0. The Morgan fingerprint density at radius 3 is 2.37 bits per heavy atom. The first-order valence-corrected chi connectivity index (χ1v) is 13.6. The zero-order valence-electron chi connectivity index (χ0n) is 21.7. The minimum absolute atomic E-state index is 0.0457. The van der Waals surface area contributed by atoms with Crippen molar-refractivity contribution >= 4 is 27.5 Å². The lowest BCUT2D eigenvalue weighted by Gasteiger charge is -2.34. The van der Waals surface area contributed by atoms with Crippen molar-refractivity contribution in [2.75, 3.05) is 24.4 Å². The summed E-state index contributed by atoms with van der Waals surface area (Å²) in [7, 11) is -3.84. The quantitative estimate of drug-likeness (QED) is 0.421. The van der Waals surface area contributed by atoms with E-state index in [9.17, 15) is 36.4 Å². The molecule has 2 aliphatic rings. The van der Waals surface area contributed by atoms with Gasteiger partial charge in [0.05, 0.1) is 52.1 Å². The van der Waals surface area contributed by atoms with Gasteiger partial charge in [0.2, 0.25) is 5.91 Å². The average molecular weight is 588 g/mol. The third kappa shape index (κ3) is 7.02. The Labute approximate surface area is 233 Å². The van der Waals surface area contributed by atoms with E-state index >= 15 is 0 Å². The van der Waals surface area contributed by atoms with Crippen LogP contribution in [0.2, 0.25) is 0 Å². The van der Waals surface area contributed by atoms with Gasteiger partial charge in [0.15, 0.2) is 9.84 Å². The number of nitriles is 2. The molecule has 2 aromatic rings. The second kappa shape index (κ2) is 12.1. The van der Waals surface area contributed by atoms with Gasteiger partial charge in [-0.2, -0.15) is 23.7 Å². The fourth-order valence-electron chi connectivity index (χ4n) is 4.07. The van der Waals surface area contributed by atoms with Crippen LogP contribution in [0.3, 0.4) is 0 Å². The maximum Gasteiger partial charge on any atom is 0.416 e. The van der Waals surface area contributed by atoms with Crippen molar-refractivity contribution in [1.82, 2.24) is 16.0 Å². The zero-order chi connectivity index (χ0) is 30.5. The van der Waals surface area contributed by atoms with Gasteiger partial charge in [-0.15, -0.1) is 0 Å². The molecule has 0 aliphatic carbocycles. The molecule has 1 atom stereocenters. The molecule has 11 nitrogen and oxygen atoms in total. The fraction of sp³-hybridized carbons (Fsp3) is 0.231. The highest BCUT2D eigenvalue weighted by molar-refractivity contribution is 7.90. The van der Waals surface area contributed by atoms with Gasteiger partial charge in [0.1, 0.15) is 0 Å². The van der Waals surface area contributed by atoms with E-state index < -0.39 is 33.6 Å². The lowest BCUT2D eigenvalue weighted by molar-refractivity contribution is -0.137. The Balaban J connectivity index is 0.000000436. The molecule has 0 aromatic heterocycles. The second-order valence-corrected chi connectivity index (χ2v) is 10.8. The monoisotopic (exact) mass is 587 g/mol. The van der Waals surface area contributed by atoms with E-state index in [1.807, 2.05) is 12.1 Å². The molecule has 2 aromatic carbocycles. The lowest BCUT2D eigenvalue weighted by Crippen LogP contribution is -2.46. The van der Waals surface area contributed by atoms with E-state index in [1.54, 1.807) is 6.20 Å².